The molecule has 0 fully saturated rings. The van der Waals surface area contributed by atoms with Crippen molar-refractivity contribution in [2.24, 2.45) is 0 Å². The quantitative estimate of drug-likeness (QED) is 0.673. The van der Waals surface area contributed by atoms with Gasteiger partial charge < -0.3 is 19.7 Å². The molecule has 0 bridgehead atoms. The van der Waals surface area contributed by atoms with Crippen molar-refractivity contribution in [3.05, 3.63) is 29.6 Å². The number of nitrogens with zero attached hydrogens (tertiary/aromatic N) is 1. The highest BCUT2D eigenvalue weighted by Gasteiger charge is 2.19. The molecule has 0 heterocycles. The van der Waals surface area contributed by atoms with Crippen LogP contribution in [0.2, 0.25) is 0 Å². The zero-order valence-electron chi connectivity index (χ0n) is 13.5. The number of hydrogen-bond donors (Lipinski definition) is 1. The van der Waals surface area contributed by atoms with Crippen LogP contribution in [0.1, 0.15) is 24.9 Å². The summed E-state index contributed by atoms with van der Waals surface area (Å²) < 4.78 is 24.7. The first kappa shape index (κ1) is 17.9. The molecule has 0 spiro atoms. The van der Waals surface area contributed by atoms with Crippen LogP contribution in [0.4, 0.5) is 4.39 Å². The lowest BCUT2D eigenvalue weighted by molar-refractivity contribution is 0.121. The van der Waals surface area contributed by atoms with Crippen molar-refractivity contribution in [3.63, 3.8) is 0 Å². The Morgan fingerprint density at radius 2 is 2.10 bits per heavy atom. The molecule has 0 aliphatic rings. The van der Waals surface area contributed by atoms with Gasteiger partial charge in [0, 0.05) is 24.8 Å². The predicted octanol–water partition coefficient (Wildman–Crippen LogP) is 2.45. The van der Waals surface area contributed by atoms with Crippen molar-refractivity contribution in [1.29, 1.82) is 0 Å². The largest absolute Gasteiger partial charge is 0.496 e. The van der Waals surface area contributed by atoms with Crippen molar-refractivity contribution in [1.82, 2.24) is 10.2 Å². The normalized spacial score (nSPS) is 12.7. The van der Waals surface area contributed by atoms with E-state index in [9.17, 15) is 4.39 Å². The van der Waals surface area contributed by atoms with Gasteiger partial charge in [-0.2, -0.15) is 0 Å². The topological polar surface area (TPSA) is 33.7 Å². The monoisotopic (exact) mass is 298 g/mol. The Balaban J connectivity index is 2.63. The average molecular weight is 298 g/mol. The van der Waals surface area contributed by atoms with Crippen LogP contribution in [0.15, 0.2) is 18.2 Å². The SMILES string of the molecule is CCOCCN(C)CCC(NC)c1c(F)cccc1OC. The van der Waals surface area contributed by atoms with Gasteiger partial charge in [-0.05, 0) is 46.1 Å². The van der Waals surface area contributed by atoms with Gasteiger partial charge in [-0.25, -0.2) is 4.39 Å². The van der Waals surface area contributed by atoms with E-state index in [1.807, 2.05) is 21.0 Å². The molecule has 0 amide bonds. The van der Waals surface area contributed by atoms with E-state index in [1.54, 1.807) is 19.2 Å². The molecule has 0 aromatic heterocycles. The molecular formula is C16H27FN2O2. The molecular weight excluding hydrogens is 271 g/mol. The van der Waals surface area contributed by atoms with Crippen LogP contribution in [-0.4, -0.2) is 52.4 Å². The van der Waals surface area contributed by atoms with Gasteiger partial charge in [-0.3, -0.25) is 0 Å². The van der Waals surface area contributed by atoms with Gasteiger partial charge in [0.2, 0.25) is 0 Å². The molecule has 1 N–H and O–H groups in total. The Kier molecular flexibility index (Phi) is 8.27. The third kappa shape index (κ3) is 5.61. The minimum atomic E-state index is -0.231. The summed E-state index contributed by atoms with van der Waals surface area (Å²) in [5, 5.41) is 3.18. The summed E-state index contributed by atoms with van der Waals surface area (Å²) in [4.78, 5) is 2.19. The number of benzene rings is 1. The lowest BCUT2D eigenvalue weighted by atomic mass is 10.0. The second-order valence-electron chi connectivity index (χ2n) is 4.99. The molecule has 1 aromatic rings. The fraction of sp³-hybridized carbons (Fsp3) is 0.625. The molecule has 0 saturated carbocycles. The Hall–Kier alpha value is -1.17. The van der Waals surface area contributed by atoms with Gasteiger partial charge in [0.1, 0.15) is 11.6 Å². The summed E-state index contributed by atoms with van der Waals surface area (Å²) in [5.41, 5.74) is 0.598. The van der Waals surface area contributed by atoms with Crippen LogP contribution >= 0.6 is 0 Å². The standard InChI is InChI=1S/C16H27FN2O2/c1-5-21-12-11-19(3)10-9-14(18-2)16-13(17)7-6-8-15(16)20-4/h6-8,14,18H,5,9-12H2,1-4H3. The molecule has 1 rings (SSSR count). The molecule has 1 atom stereocenters. The summed E-state index contributed by atoms with van der Waals surface area (Å²) >= 11 is 0. The summed E-state index contributed by atoms with van der Waals surface area (Å²) in [6.45, 7) is 5.18. The number of halogens is 1. The predicted molar refractivity (Wildman–Crippen MR) is 83.4 cm³/mol. The molecule has 4 nitrogen and oxygen atoms in total. The van der Waals surface area contributed by atoms with E-state index < -0.39 is 0 Å². The van der Waals surface area contributed by atoms with Gasteiger partial charge >= 0.3 is 0 Å². The summed E-state index contributed by atoms with van der Waals surface area (Å²) in [7, 11) is 5.46. The van der Waals surface area contributed by atoms with E-state index in [0.717, 1.165) is 32.7 Å². The fourth-order valence-corrected chi connectivity index (χ4v) is 2.29. The molecule has 21 heavy (non-hydrogen) atoms. The number of likely N-dealkylation sites (N-methyl/N-ethyl adjacent to an activating group) is 1. The summed E-state index contributed by atoms with van der Waals surface area (Å²) in [5.74, 6) is 0.358. The van der Waals surface area contributed by atoms with E-state index in [-0.39, 0.29) is 11.9 Å². The van der Waals surface area contributed by atoms with Crippen molar-refractivity contribution >= 4 is 0 Å². The Morgan fingerprint density at radius 1 is 1.33 bits per heavy atom. The van der Waals surface area contributed by atoms with Crippen LogP contribution in [0.5, 0.6) is 5.75 Å². The van der Waals surface area contributed by atoms with E-state index in [4.69, 9.17) is 9.47 Å². The Morgan fingerprint density at radius 3 is 2.71 bits per heavy atom. The minimum absolute atomic E-state index is 0.0734. The molecule has 0 aliphatic carbocycles. The molecule has 1 aromatic carbocycles. The van der Waals surface area contributed by atoms with E-state index in [2.05, 4.69) is 10.2 Å². The average Bonchev–Trinajstić information content (AvgIpc) is 2.49. The third-order valence-electron chi connectivity index (χ3n) is 3.55. The van der Waals surface area contributed by atoms with Crippen LogP contribution in [0.25, 0.3) is 0 Å². The number of nitrogens with one attached hydrogen (secondary N) is 1. The highest BCUT2D eigenvalue weighted by molar-refractivity contribution is 5.37. The summed E-state index contributed by atoms with van der Waals surface area (Å²) in [6, 6.07) is 4.86. The van der Waals surface area contributed by atoms with Gasteiger partial charge in [0.25, 0.3) is 0 Å². The zero-order chi connectivity index (χ0) is 15.7. The van der Waals surface area contributed by atoms with Crippen molar-refractivity contribution < 1.29 is 13.9 Å². The van der Waals surface area contributed by atoms with Crippen LogP contribution in [-0.2, 0) is 4.74 Å². The molecule has 5 heteroatoms. The first-order valence-corrected chi connectivity index (χ1v) is 7.40. The van der Waals surface area contributed by atoms with Crippen molar-refractivity contribution in [2.75, 3.05) is 47.5 Å². The Bertz CT molecular complexity index is 415. The maximum Gasteiger partial charge on any atom is 0.131 e. The molecule has 120 valence electrons. The molecule has 0 saturated heterocycles. The highest BCUT2D eigenvalue weighted by Crippen LogP contribution is 2.29. The highest BCUT2D eigenvalue weighted by atomic mass is 19.1. The summed E-state index contributed by atoms with van der Waals surface area (Å²) in [6.07, 6.45) is 0.802. The maximum absolute atomic E-state index is 14.1. The third-order valence-corrected chi connectivity index (χ3v) is 3.55. The van der Waals surface area contributed by atoms with Gasteiger partial charge in [-0.15, -0.1) is 0 Å². The second-order valence-corrected chi connectivity index (χ2v) is 4.99. The molecule has 0 radical (unpaired) electrons. The zero-order valence-corrected chi connectivity index (χ0v) is 13.5. The number of rotatable bonds is 10. The number of hydrogen-bond acceptors (Lipinski definition) is 4. The van der Waals surface area contributed by atoms with Crippen molar-refractivity contribution in [2.45, 2.75) is 19.4 Å². The van der Waals surface area contributed by atoms with E-state index in [0.29, 0.717) is 11.3 Å². The van der Waals surface area contributed by atoms with Crippen molar-refractivity contribution in [3.8, 4) is 5.75 Å². The molecule has 0 aliphatic heterocycles. The van der Waals surface area contributed by atoms with Crippen LogP contribution in [0, 0.1) is 5.82 Å². The maximum atomic E-state index is 14.1. The minimum Gasteiger partial charge on any atom is -0.496 e. The van der Waals surface area contributed by atoms with E-state index >= 15 is 0 Å². The Labute approximate surface area is 127 Å². The van der Waals surface area contributed by atoms with Gasteiger partial charge in [0.05, 0.1) is 13.7 Å². The first-order valence-electron chi connectivity index (χ1n) is 7.40. The second kappa shape index (κ2) is 9.71. The van der Waals surface area contributed by atoms with Crippen LogP contribution < -0.4 is 10.1 Å². The van der Waals surface area contributed by atoms with Gasteiger partial charge in [-0.1, -0.05) is 6.07 Å². The van der Waals surface area contributed by atoms with Crippen LogP contribution in [0.3, 0.4) is 0 Å². The lowest BCUT2D eigenvalue weighted by Gasteiger charge is -2.23. The smallest absolute Gasteiger partial charge is 0.131 e. The van der Waals surface area contributed by atoms with E-state index in [1.165, 1.54) is 6.07 Å². The first-order chi connectivity index (χ1) is 10.1. The fourth-order valence-electron chi connectivity index (χ4n) is 2.29. The van der Waals surface area contributed by atoms with Gasteiger partial charge in [0.15, 0.2) is 0 Å². The lowest BCUT2D eigenvalue weighted by Crippen LogP contribution is -2.28. The molecule has 1 unspecified atom stereocenters. The number of ether oxygens (including phenoxy) is 2. The number of methoxy groups -OCH3 is 1.